The third-order valence-corrected chi connectivity index (χ3v) is 14.2. The fourth-order valence-corrected chi connectivity index (χ4v) is 10.8. The Hall–Kier alpha value is -5.49. The molecule has 2 N–H and O–H groups in total. The number of anilines is 1. The van der Waals surface area contributed by atoms with E-state index in [9.17, 15) is 29.2 Å². The van der Waals surface area contributed by atoms with Crippen LogP contribution in [0.25, 0.3) is 0 Å². The molecule has 3 aliphatic heterocycles. The van der Waals surface area contributed by atoms with Crippen molar-refractivity contribution in [1.82, 2.24) is 20.4 Å². The molecule has 1 atom stereocenters. The summed E-state index contributed by atoms with van der Waals surface area (Å²) in [6.07, 6.45) is 3.68. The normalized spacial score (nSPS) is 25.1. The van der Waals surface area contributed by atoms with Crippen molar-refractivity contribution in [3.63, 3.8) is 0 Å². The standard InChI is InChI=1S/C48H55ClN6O8/c1-47(2)45(48(3,4)46(47)63-34-11-8-30(26-50)38(49)25-34)52-41(57)29-6-9-31(10-7-29)53-18-16-28(17-19-53)27-54(20-21-61-5)32-22-35(23-32)62-33-12-13-36-37(24-33)44(60)55(43(36)59)39-14-15-40(56)51-42(39)58/h6-13,24-25,28,32,35,39,45-46H,14-23,27H2,1-5H3,(H,52,57)(H,51,56,58). The number of nitrogens with zero attached hydrogens (tertiary/aromatic N) is 4. The highest BCUT2D eigenvalue weighted by Gasteiger charge is 2.64. The average molecular weight is 879 g/mol. The molecule has 8 rings (SSSR count). The molecule has 332 valence electrons. The van der Waals surface area contributed by atoms with Crippen molar-refractivity contribution in [2.45, 2.75) is 96.6 Å². The number of halogens is 1. The van der Waals surface area contributed by atoms with E-state index < -0.39 is 29.7 Å². The summed E-state index contributed by atoms with van der Waals surface area (Å²) in [6.45, 7) is 12.6. The van der Waals surface area contributed by atoms with E-state index in [1.807, 2.05) is 24.3 Å². The highest BCUT2D eigenvalue weighted by atomic mass is 35.5. The number of benzene rings is 3. The van der Waals surface area contributed by atoms with Crippen LogP contribution in [0.2, 0.25) is 5.02 Å². The molecule has 0 bridgehead atoms. The first-order valence-corrected chi connectivity index (χ1v) is 22.2. The second-order valence-electron chi connectivity index (χ2n) is 18.8. The quantitative estimate of drug-likeness (QED) is 0.182. The molecular formula is C48H55ClN6O8. The fraction of sp³-hybridized carbons (Fsp3) is 0.500. The number of rotatable bonds is 14. The largest absolute Gasteiger partial charge is 0.490 e. The third kappa shape index (κ3) is 8.63. The first-order valence-electron chi connectivity index (χ1n) is 21.9. The highest BCUT2D eigenvalue weighted by molar-refractivity contribution is 6.31. The molecule has 2 saturated heterocycles. The van der Waals surface area contributed by atoms with Gasteiger partial charge in [-0.3, -0.25) is 39.1 Å². The number of fused-ring (bicyclic) bond motifs is 1. The summed E-state index contributed by atoms with van der Waals surface area (Å²) in [5.74, 6) is -0.635. The second-order valence-corrected chi connectivity index (χ2v) is 19.2. The van der Waals surface area contributed by atoms with Crippen molar-refractivity contribution >= 4 is 46.8 Å². The lowest BCUT2D eigenvalue weighted by molar-refractivity contribution is -0.164. The lowest BCUT2D eigenvalue weighted by atomic mass is 9.49. The minimum Gasteiger partial charge on any atom is -0.490 e. The molecule has 5 amide bonds. The molecule has 3 aromatic rings. The van der Waals surface area contributed by atoms with Crippen LogP contribution in [-0.4, -0.2) is 110 Å². The number of amides is 5. The van der Waals surface area contributed by atoms with Crippen LogP contribution in [0.5, 0.6) is 11.5 Å². The third-order valence-electron chi connectivity index (χ3n) is 13.9. The van der Waals surface area contributed by atoms with Gasteiger partial charge in [0.15, 0.2) is 0 Å². The zero-order valence-electron chi connectivity index (χ0n) is 36.4. The summed E-state index contributed by atoms with van der Waals surface area (Å²) in [5.41, 5.74) is 1.81. The summed E-state index contributed by atoms with van der Waals surface area (Å²) in [5, 5.41) is 15.1. The van der Waals surface area contributed by atoms with Crippen LogP contribution in [0, 0.1) is 28.1 Å². The fourth-order valence-electron chi connectivity index (χ4n) is 10.6. The number of nitriles is 1. The van der Waals surface area contributed by atoms with E-state index in [0.29, 0.717) is 46.2 Å². The predicted octanol–water partition coefficient (Wildman–Crippen LogP) is 6.00. The number of imide groups is 2. The Morgan fingerprint density at radius 1 is 0.905 bits per heavy atom. The van der Waals surface area contributed by atoms with E-state index in [4.69, 9.17) is 25.8 Å². The maximum absolute atomic E-state index is 13.6. The van der Waals surface area contributed by atoms with E-state index in [2.05, 4.69) is 54.2 Å². The van der Waals surface area contributed by atoms with E-state index in [1.165, 1.54) is 0 Å². The minimum absolute atomic E-state index is 0.0405. The molecule has 3 heterocycles. The second kappa shape index (κ2) is 17.6. The number of nitrogens with one attached hydrogen (secondary N) is 2. The zero-order chi connectivity index (χ0) is 44.8. The highest BCUT2D eigenvalue weighted by Crippen LogP contribution is 2.55. The van der Waals surface area contributed by atoms with Gasteiger partial charge in [-0.15, -0.1) is 0 Å². The topological polar surface area (TPSA) is 171 Å². The Labute approximate surface area is 373 Å². The van der Waals surface area contributed by atoms with Crippen molar-refractivity contribution in [3.8, 4) is 17.6 Å². The van der Waals surface area contributed by atoms with Crippen LogP contribution in [0.1, 0.15) is 103 Å². The minimum atomic E-state index is -1.01. The Bertz CT molecular complexity index is 2310. The Morgan fingerprint density at radius 3 is 2.22 bits per heavy atom. The van der Waals surface area contributed by atoms with Gasteiger partial charge >= 0.3 is 0 Å². The van der Waals surface area contributed by atoms with Gasteiger partial charge in [0.1, 0.15) is 35.8 Å². The van der Waals surface area contributed by atoms with E-state index >= 15 is 0 Å². The van der Waals surface area contributed by atoms with Gasteiger partial charge in [-0.05, 0) is 79.8 Å². The maximum atomic E-state index is 13.6. The summed E-state index contributed by atoms with van der Waals surface area (Å²) in [6, 6.07) is 19.1. The monoisotopic (exact) mass is 878 g/mol. The number of methoxy groups -OCH3 is 1. The summed E-state index contributed by atoms with van der Waals surface area (Å²) >= 11 is 6.26. The smallest absolute Gasteiger partial charge is 0.262 e. The molecule has 63 heavy (non-hydrogen) atoms. The number of carbonyl (C=O) groups excluding carboxylic acids is 5. The molecule has 1 unspecified atom stereocenters. The Balaban J connectivity index is 0.801. The predicted molar refractivity (Wildman–Crippen MR) is 235 cm³/mol. The maximum Gasteiger partial charge on any atom is 0.262 e. The summed E-state index contributed by atoms with van der Waals surface area (Å²) < 4.78 is 18.2. The SMILES string of the molecule is COCCN(CC1CCN(c2ccc(C(=O)NC3C(C)(C)C(Oc4ccc(C#N)c(Cl)c4)C3(C)C)cc2)CC1)C1CC(Oc2ccc3c(c2)C(=O)N(C2CCC(=O)NC2=O)C3=O)C1. The molecule has 3 aromatic carbocycles. The average Bonchev–Trinajstić information content (AvgIpc) is 3.49. The van der Waals surface area contributed by atoms with Crippen LogP contribution in [0.15, 0.2) is 60.7 Å². The number of piperidine rings is 2. The van der Waals surface area contributed by atoms with Crippen LogP contribution in [0.3, 0.4) is 0 Å². The Kier molecular flexibility index (Phi) is 12.3. The van der Waals surface area contributed by atoms with Crippen molar-refractivity contribution in [1.29, 1.82) is 5.26 Å². The van der Waals surface area contributed by atoms with Gasteiger partial charge in [0.05, 0.1) is 28.3 Å². The van der Waals surface area contributed by atoms with Gasteiger partial charge < -0.3 is 24.4 Å². The zero-order valence-corrected chi connectivity index (χ0v) is 37.2. The van der Waals surface area contributed by atoms with Gasteiger partial charge in [-0.25, -0.2) is 0 Å². The Morgan fingerprint density at radius 2 is 1.57 bits per heavy atom. The number of carbonyl (C=O) groups is 5. The molecule has 14 nitrogen and oxygen atoms in total. The van der Waals surface area contributed by atoms with Gasteiger partial charge in [0.2, 0.25) is 11.8 Å². The van der Waals surface area contributed by atoms with Crippen molar-refractivity contribution in [2.24, 2.45) is 16.7 Å². The number of ether oxygens (including phenoxy) is 3. The molecule has 2 saturated carbocycles. The molecule has 0 aromatic heterocycles. The van der Waals surface area contributed by atoms with Gasteiger partial charge in [-0.1, -0.05) is 39.3 Å². The van der Waals surface area contributed by atoms with Gasteiger partial charge in [0, 0.05) is 92.8 Å². The molecule has 0 spiro atoms. The molecule has 5 aliphatic rings. The molecule has 2 aliphatic carbocycles. The van der Waals surface area contributed by atoms with Crippen LogP contribution >= 0.6 is 11.6 Å². The van der Waals surface area contributed by atoms with Crippen LogP contribution in [0.4, 0.5) is 5.69 Å². The first kappa shape index (κ1) is 44.1. The molecular weight excluding hydrogens is 824 g/mol. The van der Waals surface area contributed by atoms with Crippen molar-refractivity contribution in [2.75, 3.05) is 44.8 Å². The first-order chi connectivity index (χ1) is 30.1. The molecule has 0 radical (unpaired) electrons. The molecule has 4 fully saturated rings. The lowest BCUT2D eigenvalue weighted by Gasteiger charge is -2.63. The van der Waals surface area contributed by atoms with E-state index in [1.54, 1.807) is 43.5 Å². The van der Waals surface area contributed by atoms with Crippen molar-refractivity contribution < 1.29 is 38.2 Å². The van der Waals surface area contributed by atoms with E-state index in [-0.39, 0.29) is 59.0 Å². The molecule has 15 heteroatoms. The van der Waals surface area contributed by atoms with Crippen molar-refractivity contribution in [3.05, 3.63) is 87.9 Å². The number of hydrogen-bond donors (Lipinski definition) is 2. The van der Waals surface area contributed by atoms with E-state index in [0.717, 1.165) is 62.4 Å². The van der Waals surface area contributed by atoms with Crippen LogP contribution in [-0.2, 0) is 14.3 Å². The summed E-state index contributed by atoms with van der Waals surface area (Å²) in [4.78, 5) is 70.0. The van der Waals surface area contributed by atoms with Crippen LogP contribution < -0.4 is 25.0 Å². The summed E-state index contributed by atoms with van der Waals surface area (Å²) in [7, 11) is 1.72. The van der Waals surface area contributed by atoms with Gasteiger partial charge in [-0.2, -0.15) is 5.26 Å². The number of hydrogen-bond acceptors (Lipinski definition) is 11. The van der Waals surface area contributed by atoms with Gasteiger partial charge in [0.25, 0.3) is 17.7 Å². The lowest BCUT2D eigenvalue weighted by Crippen LogP contribution is -2.74.